The lowest BCUT2D eigenvalue weighted by molar-refractivity contribution is -0.138. The van der Waals surface area contributed by atoms with Crippen molar-refractivity contribution in [2.24, 2.45) is 0 Å². The molecule has 1 aliphatic heterocycles. The van der Waals surface area contributed by atoms with Crippen LogP contribution in [-0.2, 0) is 32.0 Å². The summed E-state index contributed by atoms with van der Waals surface area (Å²) in [5.74, 6) is -7.32. The van der Waals surface area contributed by atoms with Crippen LogP contribution in [-0.4, -0.2) is 106 Å². The van der Waals surface area contributed by atoms with E-state index in [1.54, 1.807) is 31.2 Å². The number of anilines is 3. The molecule has 0 fully saturated rings. The highest BCUT2D eigenvalue weighted by molar-refractivity contribution is 6.11. The fraction of sp³-hybridized carbons (Fsp3) is 0.213. The number of carbonyl (C=O) groups excluding carboxylic acids is 1. The minimum atomic E-state index is -1.38. The maximum Gasteiger partial charge on any atom is 0.336 e. The molecule has 4 aromatic rings. The van der Waals surface area contributed by atoms with Crippen LogP contribution in [0.2, 0.25) is 0 Å². The number of benzene rings is 5. The number of aliphatic carboxylic acids is 4. The lowest BCUT2D eigenvalue weighted by Crippen LogP contribution is -2.35. The molecule has 4 aromatic carbocycles. The van der Waals surface area contributed by atoms with Crippen molar-refractivity contribution in [2.45, 2.75) is 26.7 Å². The van der Waals surface area contributed by atoms with E-state index >= 15 is 0 Å². The highest BCUT2D eigenvalue weighted by Crippen LogP contribution is 2.44. The molecule has 1 heterocycles. The van der Waals surface area contributed by atoms with Crippen LogP contribution < -0.4 is 30.0 Å². The number of aryl methyl sites for hydroxylation is 2. The molecule has 1 amide bonds. The van der Waals surface area contributed by atoms with Gasteiger partial charge in [-0.1, -0.05) is 32.0 Å². The van der Waals surface area contributed by atoms with E-state index in [9.17, 15) is 64.2 Å². The van der Waals surface area contributed by atoms with E-state index in [0.717, 1.165) is 9.80 Å². The number of fused-ring (bicyclic) bond motifs is 2. The Kier molecular flexibility index (Phi) is 14.4. The second-order valence-electron chi connectivity index (χ2n) is 14.8. The summed E-state index contributed by atoms with van der Waals surface area (Å²) in [4.78, 5) is 88.4. The van der Waals surface area contributed by atoms with Gasteiger partial charge in [0.25, 0.3) is 5.91 Å². The number of phenolic OH excluding ortho intramolecular Hbond substituents is 1. The van der Waals surface area contributed by atoms with Crippen molar-refractivity contribution in [3.05, 3.63) is 117 Å². The third kappa shape index (κ3) is 10.8. The van der Waals surface area contributed by atoms with Gasteiger partial charge in [0, 0.05) is 51.5 Å². The molecule has 0 aromatic heterocycles. The third-order valence-corrected chi connectivity index (χ3v) is 10.3. The summed E-state index contributed by atoms with van der Waals surface area (Å²) in [5.41, 5.74) is 1.82. The SMILES string of the molecule is CCc1cc2c(-c3ccc(C(=O)Nc4ccc(N(CC(=O)O)CC(=O)O)c(OCCOc5ccccc5N(CC(=O)O)CC(=O)O)c4)cc3C(=O)O)c3cc(CC)c(=O)cc-3oc2cc1O. The molecule has 342 valence electrons. The van der Waals surface area contributed by atoms with Crippen molar-refractivity contribution < 1.29 is 73.3 Å². The van der Waals surface area contributed by atoms with E-state index in [0.29, 0.717) is 40.5 Å². The molecule has 0 spiro atoms. The zero-order valence-corrected chi connectivity index (χ0v) is 35.4. The summed E-state index contributed by atoms with van der Waals surface area (Å²) in [6.45, 7) is 0.309. The molecular formula is C47H43N3O16. The molecule has 0 atom stereocenters. The lowest BCUT2D eigenvalue weighted by Gasteiger charge is -2.25. The van der Waals surface area contributed by atoms with Gasteiger partial charge in [-0.2, -0.15) is 0 Å². The number of amides is 1. The summed E-state index contributed by atoms with van der Waals surface area (Å²) in [6.07, 6.45) is 0.813. The van der Waals surface area contributed by atoms with E-state index in [4.69, 9.17) is 13.9 Å². The Morgan fingerprint density at radius 2 is 1.23 bits per heavy atom. The largest absolute Gasteiger partial charge is 0.508 e. The van der Waals surface area contributed by atoms with Crippen LogP contribution in [0.1, 0.15) is 45.7 Å². The summed E-state index contributed by atoms with van der Waals surface area (Å²) < 4.78 is 17.9. The Hall–Kier alpha value is -8.61. The second-order valence-corrected chi connectivity index (χ2v) is 14.8. The highest BCUT2D eigenvalue weighted by atomic mass is 16.5. The quantitative estimate of drug-likeness (QED) is 0.0334. The van der Waals surface area contributed by atoms with Gasteiger partial charge in [-0.25, -0.2) is 4.79 Å². The van der Waals surface area contributed by atoms with Crippen LogP contribution in [0.15, 0.2) is 94.1 Å². The molecule has 19 heteroatoms. The van der Waals surface area contributed by atoms with Gasteiger partial charge >= 0.3 is 29.8 Å². The van der Waals surface area contributed by atoms with Gasteiger partial charge in [0.05, 0.1) is 16.9 Å². The predicted octanol–water partition coefficient (Wildman–Crippen LogP) is 5.75. The predicted molar refractivity (Wildman–Crippen MR) is 239 cm³/mol. The monoisotopic (exact) mass is 905 g/mol. The van der Waals surface area contributed by atoms with Gasteiger partial charge in [0.2, 0.25) is 0 Å². The number of aromatic carboxylic acids is 1. The minimum Gasteiger partial charge on any atom is -0.508 e. The van der Waals surface area contributed by atoms with Crippen molar-refractivity contribution in [1.29, 1.82) is 0 Å². The Morgan fingerprint density at radius 1 is 0.636 bits per heavy atom. The van der Waals surface area contributed by atoms with Crippen LogP contribution in [0, 0.1) is 0 Å². The first kappa shape index (κ1) is 46.9. The van der Waals surface area contributed by atoms with Gasteiger partial charge in [-0.3, -0.25) is 28.8 Å². The minimum absolute atomic E-state index is 0.00809. The topological polar surface area (TPSA) is 291 Å². The zero-order chi connectivity index (χ0) is 47.8. The number of carboxylic acids is 5. The molecule has 0 saturated carbocycles. The summed E-state index contributed by atoms with van der Waals surface area (Å²) in [7, 11) is 0. The summed E-state index contributed by atoms with van der Waals surface area (Å²) >= 11 is 0. The van der Waals surface area contributed by atoms with Crippen molar-refractivity contribution in [3.8, 4) is 39.7 Å². The molecule has 7 N–H and O–H groups in total. The molecule has 2 aliphatic rings. The first-order chi connectivity index (χ1) is 31.5. The lowest BCUT2D eigenvalue weighted by atomic mass is 9.88. The van der Waals surface area contributed by atoms with Crippen molar-refractivity contribution in [1.82, 2.24) is 0 Å². The number of nitrogens with zero attached hydrogens (tertiary/aromatic N) is 2. The van der Waals surface area contributed by atoms with E-state index in [-0.39, 0.29) is 81.0 Å². The number of hydrogen-bond acceptors (Lipinski definition) is 13. The molecule has 66 heavy (non-hydrogen) atoms. The van der Waals surface area contributed by atoms with E-state index < -0.39 is 61.9 Å². The standard InChI is InChI=1S/C47H43N3O16/c1-3-25-15-31-38(19-35(25)51)66-39-20-36(52)26(4-2)16-32(39)45(31)29-11-9-27(17-30(29)47(62)63)46(61)48-28-10-12-34(50(23-43(57)58)24-44(59)60)40(18-28)65-14-13-64-37-8-6-5-7-33(37)49(21-41(53)54)22-42(55)56/h5-12,15-20,51H,3-4,13-14,21-24H2,1-2H3,(H,48,61)(H,53,54)(H,55,56)(H,57,58)(H,59,60)(H,62,63). The Labute approximate surface area is 374 Å². The van der Waals surface area contributed by atoms with Gasteiger partial charge < -0.3 is 59.6 Å². The molecule has 6 rings (SSSR count). The first-order valence-corrected chi connectivity index (χ1v) is 20.3. The van der Waals surface area contributed by atoms with Crippen molar-refractivity contribution in [2.75, 3.05) is 54.5 Å². The molecular weight excluding hydrogens is 863 g/mol. The Balaban J connectivity index is 1.34. The second kappa shape index (κ2) is 20.3. The number of nitrogens with one attached hydrogen (secondary N) is 1. The summed E-state index contributed by atoms with van der Waals surface area (Å²) in [5, 5.41) is 62.3. The Morgan fingerprint density at radius 3 is 1.82 bits per heavy atom. The average molecular weight is 906 g/mol. The third-order valence-electron chi connectivity index (χ3n) is 10.3. The molecule has 0 saturated heterocycles. The van der Waals surface area contributed by atoms with Crippen molar-refractivity contribution in [3.63, 3.8) is 0 Å². The number of phenols is 1. The number of ether oxygens (including phenoxy) is 2. The maximum absolute atomic E-state index is 13.9. The molecule has 0 unspecified atom stereocenters. The number of hydrogen-bond donors (Lipinski definition) is 7. The molecule has 1 aliphatic carbocycles. The number of rotatable bonds is 21. The summed E-state index contributed by atoms with van der Waals surface area (Å²) in [6, 6.07) is 20.1. The molecule has 0 radical (unpaired) electrons. The van der Waals surface area contributed by atoms with Crippen molar-refractivity contribution >= 4 is 63.8 Å². The number of carbonyl (C=O) groups is 6. The fourth-order valence-corrected chi connectivity index (χ4v) is 7.39. The molecule has 0 bridgehead atoms. The van der Waals surface area contributed by atoms with Crippen LogP contribution in [0.5, 0.6) is 17.2 Å². The van der Waals surface area contributed by atoms with Gasteiger partial charge in [-0.05, 0) is 72.5 Å². The smallest absolute Gasteiger partial charge is 0.336 e. The Bertz CT molecular complexity index is 2880. The van der Waals surface area contributed by atoms with Crippen LogP contribution in [0.25, 0.3) is 33.4 Å². The van der Waals surface area contributed by atoms with Gasteiger partial charge in [-0.15, -0.1) is 0 Å². The fourth-order valence-electron chi connectivity index (χ4n) is 7.39. The van der Waals surface area contributed by atoms with Crippen LogP contribution in [0.4, 0.5) is 17.1 Å². The van der Waals surface area contributed by atoms with E-state index in [2.05, 4.69) is 5.32 Å². The van der Waals surface area contributed by atoms with E-state index in [1.807, 2.05) is 6.92 Å². The normalized spacial score (nSPS) is 10.9. The van der Waals surface area contributed by atoms with E-state index in [1.165, 1.54) is 60.7 Å². The van der Waals surface area contributed by atoms with Crippen LogP contribution in [0.3, 0.4) is 0 Å². The van der Waals surface area contributed by atoms with Crippen LogP contribution >= 0.6 is 0 Å². The average Bonchev–Trinajstić information content (AvgIpc) is 3.25. The van der Waals surface area contributed by atoms with Gasteiger partial charge in [0.1, 0.15) is 68.0 Å². The first-order valence-electron chi connectivity index (χ1n) is 20.3. The maximum atomic E-state index is 13.9. The number of aromatic hydroxyl groups is 1. The number of carboxylic acid groups (broad SMARTS) is 5. The number of para-hydroxylation sites is 2. The zero-order valence-electron chi connectivity index (χ0n) is 35.4. The highest BCUT2D eigenvalue weighted by Gasteiger charge is 2.26. The van der Waals surface area contributed by atoms with Gasteiger partial charge in [0.15, 0.2) is 5.43 Å². The molecule has 19 nitrogen and oxygen atoms in total.